The molecule has 0 fully saturated rings. The molecule has 0 saturated carbocycles. The summed E-state index contributed by atoms with van der Waals surface area (Å²) in [6, 6.07) is 2.04. The molecule has 17 heavy (non-hydrogen) atoms. The van der Waals surface area contributed by atoms with E-state index >= 15 is 0 Å². The van der Waals surface area contributed by atoms with Gasteiger partial charge in [0.05, 0.1) is 5.54 Å². The molecule has 3 heteroatoms. The van der Waals surface area contributed by atoms with E-state index < -0.39 is 0 Å². The Morgan fingerprint density at radius 1 is 1.29 bits per heavy atom. The van der Waals surface area contributed by atoms with E-state index in [1.165, 1.54) is 12.8 Å². The smallest absolute Gasteiger partial charge is 0.265 e. The number of nitriles is 1. The average Bonchev–Trinajstić information content (AvgIpc) is 2.44. The molecule has 0 N–H and O–H groups in total. The SMILES string of the molecule is CCCCCCN1C(=O)C(C#N)=C(C)C1(C)C. The predicted molar refractivity (Wildman–Crippen MR) is 68.2 cm³/mol. The van der Waals surface area contributed by atoms with Crippen molar-refractivity contribution in [1.82, 2.24) is 4.90 Å². The Morgan fingerprint density at radius 2 is 1.94 bits per heavy atom. The third-order valence-electron chi connectivity index (χ3n) is 3.77. The van der Waals surface area contributed by atoms with Crippen molar-refractivity contribution < 1.29 is 4.79 Å². The number of carbonyl (C=O) groups is 1. The van der Waals surface area contributed by atoms with Crippen LogP contribution in [0.5, 0.6) is 0 Å². The van der Waals surface area contributed by atoms with Crippen LogP contribution < -0.4 is 0 Å². The maximum absolute atomic E-state index is 12.1. The average molecular weight is 234 g/mol. The molecule has 1 rings (SSSR count). The van der Waals surface area contributed by atoms with E-state index in [4.69, 9.17) is 5.26 Å². The van der Waals surface area contributed by atoms with E-state index in [0.717, 1.165) is 25.0 Å². The Bertz CT molecular complexity index is 374. The molecule has 0 atom stereocenters. The highest BCUT2D eigenvalue weighted by atomic mass is 16.2. The van der Waals surface area contributed by atoms with Crippen molar-refractivity contribution in [1.29, 1.82) is 5.26 Å². The Hall–Kier alpha value is -1.30. The van der Waals surface area contributed by atoms with Gasteiger partial charge in [0.2, 0.25) is 0 Å². The van der Waals surface area contributed by atoms with Crippen LogP contribution in [0.3, 0.4) is 0 Å². The lowest BCUT2D eigenvalue weighted by Gasteiger charge is -2.33. The fourth-order valence-electron chi connectivity index (χ4n) is 2.27. The summed E-state index contributed by atoms with van der Waals surface area (Å²) < 4.78 is 0. The molecule has 0 aromatic carbocycles. The zero-order valence-corrected chi connectivity index (χ0v) is 11.3. The first kappa shape index (κ1) is 13.8. The second-order valence-electron chi connectivity index (χ2n) is 5.19. The molecule has 1 aliphatic heterocycles. The van der Waals surface area contributed by atoms with Crippen LogP contribution in [-0.4, -0.2) is 22.9 Å². The summed E-state index contributed by atoms with van der Waals surface area (Å²) in [5, 5.41) is 9.01. The van der Waals surface area contributed by atoms with Crippen molar-refractivity contribution in [2.45, 2.75) is 58.9 Å². The van der Waals surface area contributed by atoms with Crippen LogP contribution in [0.4, 0.5) is 0 Å². The van der Waals surface area contributed by atoms with Crippen molar-refractivity contribution in [2.75, 3.05) is 6.54 Å². The summed E-state index contributed by atoms with van der Waals surface area (Å²) in [4.78, 5) is 13.9. The quantitative estimate of drug-likeness (QED) is 0.686. The van der Waals surface area contributed by atoms with Crippen molar-refractivity contribution >= 4 is 5.91 Å². The van der Waals surface area contributed by atoms with Gasteiger partial charge in [-0.1, -0.05) is 26.2 Å². The van der Waals surface area contributed by atoms with E-state index in [1.54, 1.807) is 0 Å². The van der Waals surface area contributed by atoms with Gasteiger partial charge in [-0.05, 0) is 32.8 Å². The Labute approximate surface area is 104 Å². The van der Waals surface area contributed by atoms with Gasteiger partial charge < -0.3 is 4.90 Å². The lowest BCUT2D eigenvalue weighted by atomic mass is 9.95. The standard InChI is InChI=1S/C14H22N2O/c1-5-6-7-8-9-16-13(17)12(10-15)11(2)14(16,3)4/h5-9H2,1-4H3. The molecule has 0 spiro atoms. The van der Waals surface area contributed by atoms with Gasteiger partial charge in [-0.25, -0.2) is 0 Å². The van der Waals surface area contributed by atoms with E-state index in [0.29, 0.717) is 5.57 Å². The Morgan fingerprint density at radius 3 is 2.41 bits per heavy atom. The van der Waals surface area contributed by atoms with Crippen LogP contribution in [0.25, 0.3) is 0 Å². The van der Waals surface area contributed by atoms with Gasteiger partial charge in [0, 0.05) is 6.54 Å². The Kier molecular flexibility index (Phi) is 4.34. The number of nitrogens with zero attached hydrogens (tertiary/aromatic N) is 2. The molecule has 0 aromatic rings. The molecule has 3 nitrogen and oxygen atoms in total. The summed E-state index contributed by atoms with van der Waals surface area (Å²) in [7, 11) is 0. The highest BCUT2D eigenvalue weighted by Crippen LogP contribution is 2.34. The van der Waals surface area contributed by atoms with E-state index in [-0.39, 0.29) is 11.4 Å². The molecular weight excluding hydrogens is 212 g/mol. The van der Waals surface area contributed by atoms with Gasteiger partial charge in [0.15, 0.2) is 0 Å². The molecular formula is C14H22N2O. The van der Waals surface area contributed by atoms with Crippen LogP contribution in [-0.2, 0) is 4.79 Å². The minimum Gasteiger partial charge on any atom is -0.329 e. The van der Waals surface area contributed by atoms with Crippen LogP contribution in [0.2, 0.25) is 0 Å². The second kappa shape index (κ2) is 5.35. The topological polar surface area (TPSA) is 44.1 Å². The first-order valence-electron chi connectivity index (χ1n) is 6.40. The fraction of sp³-hybridized carbons (Fsp3) is 0.714. The van der Waals surface area contributed by atoms with Crippen molar-refractivity contribution in [3.05, 3.63) is 11.1 Å². The minimum absolute atomic E-state index is 0.0912. The third-order valence-corrected chi connectivity index (χ3v) is 3.77. The molecule has 0 saturated heterocycles. The van der Waals surface area contributed by atoms with Gasteiger partial charge in [-0.2, -0.15) is 5.26 Å². The van der Waals surface area contributed by atoms with Crippen LogP contribution >= 0.6 is 0 Å². The molecule has 0 radical (unpaired) electrons. The Balaban J connectivity index is 2.71. The molecule has 0 aromatic heterocycles. The predicted octanol–water partition coefficient (Wildman–Crippen LogP) is 3.03. The number of hydrogen-bond donors (Lipinski definition) is 0. The monoisotopic (exact) mass is 234 g/mol. The van der Waals surface area contributed by atoms with Crippen LogP contribution in [0.1, 0.15) is 53.4 Å². The summed E-state index contributed by atoms with van der Waals surface area (Å²) >= 11 is 0. The van der Waals surface area contributed by atoms with Gasteiger partial charge in [-0.3, -0.25) is 4.79 Å². The third kappa shape index (κ3) is 2.52. The van der Waals surface area contributed by atoms with Crippen LogP contribution in [0.15, 0.2) is 11.1 Å². The fourth-order valence-corrected chi connectivity index (χ4v) is 2.27. The molecule has 0 bridgehead atoms. The molecule has 1 aliphatic rings. The summed E-state index contributed by atoms with van der Waals surface area (Å²) in [6.45, 7) is 8.86. The molecule has 0 aliphatic carbocycles. The number of rotatable bonds is 5. The van der Waals surface area contributed by atoms with Gasteiger partial charge >= 0.3 is 0 Å². The largest absolute Gasteiger partial charge is 0.329 e. The van der Waals surface area contributed by atoms with E-state index in [2.05, 4.69) is 6.92 Å². The first-order chi connectivity index (χ1) is 7.96. The van der Waals surface area contributed by atoms with Gasteiger partial charge in [0.25, 0.3) is 5.91 Å². The summed E-state index contributed by atoms with van der Waals surface area (Å²) in [5.41, 5.74) is 0.944. The maximum Gasteiger partial charge on any atom is 0.265 e. The van der Waals surface area contributed by atoms with E-state index in [1.807, 2.05) is 31.7 Å². The lowest BCUT2D eigenvalue weighted by molar-refractivity contribution is -0.128. The number of unbranched alkanes of at least 4 members (excludes halogenated alkanes) is 3. The lowest BCUT2D eigenvalue weighted by Crippen LogP contribution is -2.43. The molecule has 1 heterocycles. The molecule has 94 valence electrons. The number of amides is 1. The zero-order valence-electron chi connectivity index (χ0n) is 11.3. The summed E-state index contributed by atoms with van der Waals surface area (Å²) in [5.74, 6) is -0.0912. The number of hydrogen-bond acceptors (Lipinski definition) is 2. The minimum atomic E-state index is -0.297. The van der Waals surface area contributed by atoms with Crippen molar-refractivity contribution in [2.24, 2.45) is 0 Å². The second-order valence-corrected chi connectivity index (χ2v) is 5.19. The van der Waals surface area contributed by atoms with Crippen LogP contribution in [0, 0.1) is 11.3 Å². The highest BCUT2D eigenvalue weighted by Gasteiger charge is 2.42. The van der Waals surface area contributed by atoms with Gasteiger partial charge in [0.1, 0.15) is 11.6 Å². The number of carbonyl (C=O) groups excluding carboxylic acids is 1. The van der Waals surface area contributed by atoms with Gasteiger partial charge in [-0.15, -0.1) is 0 Å². The zero-order chi connectivity index (χ0) is 13.1. The summed E-state index contributed by atoms with van der Waals surface area (Å²) in [6.07, 6.45) is 4.57. The maximum atomic E-state index is 12.1. The van der Waals surface area contributed by atoms with E-state index in [9.17, 15) is 4.79 Å². The first-order valence-corrected chi connectivity index (χ1v) is 6.40. The normalized spacial score (nSPS) is 18.8. The molecule has 1 amide bonds. The molecule has 0 unspecified atom stereocenters. The highest BCUT2D eigenvalue weighted by molar-refractivity contribution is 6.01. The van der Waals surface area contributed by atoms with Crippen molar-refractivity contribution in [3.8, 4) is 6.07 Å². The van der Waals surface area contributed by atoms with Crippen molar-refractivity contribution in [3.63, 3.8) is 0 Å².